The third-order valence-electron chi connectivity index (χ3n) is 4.81. The molecule has 0 bridgehead atoms. The zero-order valence-electron chi connectivity index (χ0n) is 12.4. The van der Waals surface area contributed by atoms with E-state index in [1.54, 1.807) is 0 Å². The lowest BCUT2D eigenvalue weighted by Gasteiger charge is -2.30. The molecule has 1 amide bonds. The van der Waals surface area contributed by atoms with Gasteiger partial charge in [-0.25, -0.2) is 9.86 Å². The fraction of sp³-hybridized carbons (Fsp3) is 0.667. The van der Waals surface area contributed by atoms with E-state index in [0.717, 1.165) is 32.1 Å². The lowest BCUT2D eigenvalue weighted by Crippen LogP contribution is -2.46. The number of allylic oxidation sites excluding steroid dienone is 1. The summed E-state index contributed by atoms with van der Waals surface area (Å²) in [6.45, 7) is 1.31. The molecule has 2 fully saturated rings. The molecule has 3 rings (SSSR count). The highest BCUT2D eigenvalue weighted by molar-refractivity contribution is 6.20. The van der Waals surface area contributed by atoms with E-state index in [0.29, 0.717) is 12.1 Å². The van der Waals surface area contributed by atoms with Crippen molar-refractivity contribution in [2.75, 3.05) is 7.11 Å². The van der Waals surface area contributed by atoms with Gasteiger partial charge in [0.2, 0.25) is 0 Å². The predicted octanol–water partition coefficient (Wildman–Crippen LogP) is 1.96. The van der Waals surface area contributed by atoms with E-state index in [1.165, 1.54) is 19.1 Å². The van der Waals surface area contributed by atoms with Gasteiger partial charge in [0.25, 0.3) is 5.91 Å². The molecule has 6 heteroatoms. The molecule has 1 saturated carbocycles. The van der Waals surface area contributed by atoms with Crippen LogP contribution in [-0.2, 0) is 19.3 Å². The predicted molar refractivity (Wildman–Crippen MR) is 75.1 cm³/mol. The van der Waals surface area contributed by atoms with Gasteiger partial charge in [0, 0.05) is 6.92 Å². The van der Waals surface area contributed by atoms with Crippen molar-refractivity contribution in [3.63, 3.8) is 0 Å². The zero-order chi connectivity index (χ0) is 15.1. The number of carbonyl (C=O) groups excluding carboxylic acids is 2. The first-order chi connectivity index (χ1) is 10.1. The van der Waals surface area contributed by atoms with Crippen LogP contribution in [0.25, 0.3) is 0 Å². The molecule has 6 nitrogen and oxygen atoms in total. The molecule has 0 radical (unpaired) electrons. The van der Waals surface area contributed by atoms with Gasteiger partial charge < -0.3 is 4.84 Å². The van der Waals surface area contributed by atoms with Gasteiger partial charge in [0.1, 0.15) is 11.3 Å². The van der Waals surface area contributed by atoms with Crippen LogP contribution in [0.3, 0.4) is 0 Å². The quantitative estimate of drug-likeness (QED) is 0.443. The van der Waals surface area contributed by atoms with Gasteiger partial charge in [-0.1, -0.05) is 30.1 Å². The van der Waals surface area contributed by atoms with Gasteiger partial charge >= 0.3 is 5.97 Å². The number of nitrogens with zero attached hydrogens (tertiary/aromatic N) is 2. The molecule has 114 valence electrons. The third kappa shape index (κ3) is 1.85. The highest BCUT2D eigenvalue weighted by atomic mass is 16.7. The number of hydrogen-bond donors (Lipinski definition) is 0. The Hall–Kier alpha value is -1.69. The minimum absolute atomic E-state index is 0.0556. The molecule has 0 aromatic carbocycles. The second kappa shape index (κ2) is 4.94. The van der Waals surface area contributed by atoms with Crippen LogP contribution in [0, 0.1) is 5.41 Å². The highest BCUT2D eigenvalue weighted by Crippen LogP contribution is 2.53. The van der Waals surface area contributed by atoms with Crippen molar-refractivity contribution in [1.29, 1.82) is 0 Å². The Morgan fingerprint density at radius 1 is 1.33 bits per heavy atom. The maximum atomic E-state index is 12.9. The SMILES string of the molecule is CON1C(=O)C2(CCCC2)C(=NOC(C)=O)C12C=CCC2. The summed E-state index contributed by atoms with van der Waals surface area (Å²) in [5.74, 6) is -0.531. The average molecular weight is 292 g/mol. The number of rotatable bonds is 2. The average Bonchev–Trinajstić information content (AvgIpc) is 3.13. The van der Waals surface area contributed by atoms with Crippen LogP contribution < -0.4 is 0 Å². The van der Waals surface area contributed by atoms with Crippen LogP contribution in [0.2, 0.25) is 0 Å². The van der Waals surface area contributed by atoms with E-state index >= 15 is 0 Å². The summed E-state index contributed by atoms with van der Waals surface area (Å²) in [6.07, 6.45) is 8.98. The fourth-order valence-corrected chi connectivity index (χ4v) is 3.97. The van der Waals surface area contributed by atoms with E-state index in [1.807, 2.05) is 12.2 Å². The Bertz CT molecular complexity index is 534. The first-order valence-corrected chi connectivity index (χ1v) is 7.40. The van der Waals surface area contributed by atoms with Crippen LogP contribution in [-0.4, -0.2) is 35.3 Å². The lowest BCUT2D eigenvalue weighted by molar-refractivity contribution is -0.189. The van der Waals surface area contributed by atoms with Crippen LogP contribution >= 0.6 is 0 Å². The summed E-state index contributed by atoms with van der Waals surface area (Å²) in [7, 11) is 1.50. The molecule has 2 aliphatic carbocycles. The molecule has 0 aromatic rings. The normalized spacial score (nSPS) is 32.0. The zero-order valence-corrected chi connectivity index (χ0v) is 12.4. The monoisotopic (exact) mass is 292 g/mol. The maximum absolute atomic E-state index is 12.9. The Labute approximate surface area is 123 Å². The van der Waals surface area contributed by atoms with Crippen molar-refractivity contribution < 1.29 is 19.3 Å². The van der Waals surface area contributed by atoms with Crippen LogP contribution in [0.4, 0.5) is 0 Å². The van der Waals surface area contributed by atoms with E-state index in [4.69, 9.17) is 9.68 Å². The number of hydrogen-bond acceptors (Lipinski definition) is 5. The van der Waals surface area contributed by atoms with Gasteiger partial charge in [0.05, 0.1) is 12.5 Å². The Morgan fingerprint density at radius 2 is 2.05 bits per heavy atom. The molecule has 0 aromatic heterocycles. The molecule has 1 unspecified atom stereocenters. The molecular formula is C15H20N2O4. The summed E-state index contributed by atoms with van der Waals surface area (Å²) in [4.78, 5) is 34.4. The summed E-state index contributed by atoms with van der Waals surface area (Å²) in [6, 6.07) is 0. The van der Waals surface area contributed by atoms with E-state index < -0.39 is 16.9 Å². The van der Waals surface area contributed by atoms with Gasteiger partial charge in [0.15, 0.2) is 0 Å². The van der Waals surface area contributed by atoms with E-state index in [9.17, 15) is 9.59 Å². The van der Waals surface area contributed by atoms with Gasteiger partial charge in [-0.15, -0.1) is 0 Å². The molecule has 0 N–H and O–H groups in total. The van der Waals surface area contributed by atoms with Gasteiger partial charge in [-0.2, -0.15) is 0 Å². The van der Waals surface area contributed by atoms with Gasteiger partial charge in [-0.05, 0) is 25.7 Å². The standard InChI is InChI=1S/C15H20N2O4/c1-11(18)21-16-12-14(7-3-4-8-14)13(19)17(20-2)15(12)9-5-6-10-15/h5,9H,3-4,6-8,10H2,1-2H3. The van der Waals surface area contributed by atoms with Crippen molar-refractivity contribution in [3.05, 3.63) is 12.2 Å². The van der Waals surface area contributed by atoms with E-state index in [-0.39, 0.29) is 5.91 Å². The first kappa shape index (κ1) is 14.3. The summed E-state index contributed by atoms with van der Waals surface area (Å²) < 4.78 is 0. The van der Waals surface area contributed by atoms with Gasteiger partial charge in [-0.3, -0.25) is 9.63 Å². The van der Waals surface area contributed by atoms with Crippen LogP contribution in [0.1, 0.15) is 45.4 Å². The molecule has 2 spiro atoms. The Balaban J connectivity index is 2.12. The van der Waals surface area contributed by atoms with E-state index in [2.05, 4.69) is 5.16 Å². The number of oxime groups is 1. The molecule has 1 saturated heterocycles. The van der Waals surface area contributed by atoms with Crippen molar-refractivity contribution in [3.8, 4) is 0 Å². The summed E-state index contributed by atoms with van der Waals surface area (Å²) in [5.41, 5.74) is -0.713. The molecule has 21 heavy (non-hydrogen) atoms. The first-order valence-electron chi connectivity index (χ1n) is 7.40. The van der Waals surface area contributed by atoms with Crippen molar-refractivity contribution in [2.24, 2.45) is 10.6 Å². The van der Waals surface area contributed by atoms with Crippen molar-refractivity contribution >= 4 is 17.6 Å². The Morgan fingerprint density at radius 3 is 2.57 bits per heavy atom. The minimum Gasteiger partial charge on any atom is -0.319 e. The lowest BCUT2D eigenvalue weighted by atomic mass is 9.76. The second-order valence-electron chi connectivity index (χ2n) is 5.96. The minimum atomic E-state index is -0.689. The largest absolute Gasteiger partial charge is 0.331 e. The molecular weight excluding hydrogens is 272 g/mol. The summed E-state index contributed by atoms with van der Waals surface area (Å²) >= 11 is 0. The smallest absolute Gasteiger partial charge is 0.319 e. The number of amides is 1. The summed E-state index contributed by atoms with van der Waals surface area (Å²) in [5, 5.41) is 5.55. The molecule has 1 atom stereocenters. The van der Waals surface area contributed by atoms with Crippen LogP contribution in [0.5, 0.6) is 0 Å². The highest BCUT2D eigenvalue weighted by Gasteiger charge is 2.66. The molecule has 1 aliphatic heterocycles. The molecule has 1 heterocycles. The second-order valence-corrected chi connectivity index (χ2v) is 5.96. The topological polar surface area (TPSA) is 68.2 Å². The van der Waals surface area contributed by atoms with Crippen LogP contribution in [0.15, 0.2) is 17.3 Å². The number of hydroxylamine groups is 2. The maximum Gasteiger partial charge on any atom is 0.331 e. The molecule has 3 aliphatic rings. The Kier molecular flexibility index (Phi) is 3.36. The van der Waals surface area contributed by atoms with Crippen molar-refractivity contribution in [1.82, 2.24) is 5.06 Å². The third-order valence-corrected chi connectivity index (χ3v) is 4.81. The fourth-order valence-electron chi connectivity index (χ4n) is 3.97. The number of carbonyl (C=O) groups is 2. The van der Waals surface area contributed by atoms with Crippen molar-refractivity contribution in [2.45, 2.75) is 51.0 Å².